The van der Waals surface area contributed by atoms with Gasteiger partial charge in [-0.2, -0.15) is 0 Å². The summed E-state index contributed by atoms with van der Waals surface area (Å²) in [5, 5.41) is 0. The van der Waals surface area contributed by atoms with Crippen molar-refractivity contribution in [2.24, 2.45) is 11.7 Å². The van der Waals surface area contributed by atoms with E-state index in [-0.39, 0.29) is 22.9 Å². The van der Waals surface area contributed by atoms with Crippen molar-refractivity contribution in [1.29, 1.82) is 0 Å². The predicted octanol–water partition coefficient (Wildman–Crippen LogP) is 1.64. The summed E-state index contributed by atoms with van der Waals surface area (Å²) in [5.41, 5.74) is 7.23. The van der Waals surface area contributed by atoms with Gasteiger partial charge in [0.1, 0.15) is 0 Å². The van der Waals surface area contributed by atoms with E-state index in [9.17, 15) is 13.2 Å². The molecule has 1 heterocycles. The van der Waals surface area contributed by atoms with Crippen LogP contribution in [-0.4, -0.2) is 44.4 Å². The maximum Gasteiger partial charge on any atom is 0.254 e. The molecule has 2 aliphatic rings. The van der Waals surface area contributed by atoms with E-state index in [1.165, 1.54) is 6.07 Å². The molecule has 1 unspecified atom stereocenters. The number of amides is 1. The van der Waals surface area contributed by atoms with Crippen LogP contribution in [0, 0.1) is 12.8 Å². The number of hydrogen-bond acceptors (Lipinski definition) is 4. The number of carbonyl (C=O) groups excluding carboxylic acids is 1. The first kappa shape index (κ1) is 18.4. The van der Waals surface area contributed by atoms with Gasteiger partial charge in [0, 0.05) is 30.7 Å². The lowest BCUT2D eigenvalue weighted by Gasteiger charge is -2.34. The Morgan fingerprint density at radius 3 is 2.44 bits per heavy atom. The molecule has 0 spiro atoms. The van der Waals surface area contributed by atoms with Crippen LogP contribution < -0.4 is 10.5 Å². The molecule has 1 aliphatic heterocycles. The number of nitrogens with zero attached hydrogens (tertiary/aromatic N) is 1. The van der Waals surface area contributed by atoms with E-state index in [1.807, 2.05) is 18.7 Å². The zero-order chi connectivity index (χ0) is 18.2. The van der Waals surface area contributed by atoms with E-state index in [0.29, 0.717) is 24.6 Å². The molecular formula is C18H27N3O3S. The Balaban J connectivity index is 1.77. The zero-order valence-corrected chi connectivity index (χ0v) is 15.7. The minimum absolute atomic E-state index is 0.0442. The van der Waals surface area contributed by atoms with E-state index in [0.717, 1.165) is 31.2 Å². The Kier molecular flexibility index (Phi) is 5.18. The number of nitrogens with one attached hydrogen (secondary N) is 1. The number of likely N-dealkylation sites (tertiary alicyclic amines) is 1. The molecule has 1 saturated heterocycles. The van der Waals surface area contributed by atoms with Crippen LogP contribution in [0.2, 0.25) is 0 Å². The second-order valence-corrected chi connectivity index (χ2v) is 9.08. The summed E-state index contributed by atoms with van der Waals surface area (Å²) in [6.45, 7) is 5.18. The van der Waals surface area contributed by atoms with Crippen LogP contribution in [0.3, 0.4) is 0 Å². The van der Waals surface area contributed by atoms with Gasteiger partial charge in [0.2, 0.25) is 10.0 Å². The molecule has 1 atom stereocenters. The van der Waals surface area contributed by atoms with Gasteiger partial charge in [-0.25, -0.2) is 13.1 Å². The molecule has 3 rings (SSSR count). The predicted molar refractivity (Wildman–Crippen MR) is 96.8 cm³/mol. The summed E-state index contributed by atoms with van der Waals surface area (Å²) in [5.74, 6) is 0.351. The Hall–Kier alpha value is -1.44. The minimum Gasteiger partial charge on any atom is -0.339 e. The molecule has 1 amide bonds. The maximum atomic E-state index is 12.9. The number of piperidine rings is 1. The first-order valence-electron chi connectivity index (χ1n) is 8.96. The molecule has 0 radical (unpaired) electrons. The lowest BCUT2D eigenvalue weighted by atomic mass is 9.90. The van der Waals surface area contributed by atoms with Crippen LogP contribution in [0.4, 0.5) is 0 Å². The number of benzene rings is 1. The number of carbonyl (C=O) groups is 1. The number of hydrogen-bond donors (Lipinski definition) is 2. The average molecular weight is 365 g/mol. The Morgan fingerprint density at radius 1 is 1.24 bits per heavy atom. The molecule has 0 bridgehead atoms. The maximum absolute atomic E-state index is 12.9. The summed E-state index contributed by atoms with van der Waals surface area (Å²) < 4.78 is 27.5. The van der Waals surface area contributed by atoms with Gasteiger partial charge in [-0.15, -0.1) is 0 Å². The van der Waals surface area contributed by atoms with Gasteiger partial charge in [0.05, 0.1) is 4.90 Å². The second-order valence-electron chi connectivity index (χ2n) is 7.36. The molecule has 138 valence electrons. The summed E-state index contributed by atoms with van der Waals surface area (Å²) >= 11 is 0. The Labute approximate surface area is 149 Å². The summed E-state index contributed by atoms with van der Waals surface area (Å²) in [7, 11) is -3.56. The van der Waals surface area contributed by atoms with Crippen LogP contribution >= 0.6 is 0 Å². The highest BCUT2D eigenvalue weighted by Gasteiger charge is 2.30. The van der Waals surface area contributed by atoms with Gasteiger partial charge < -0.3 is 10.6 Å². The third-order valence-electron chi connectivity index (χ3n) is 5.22. The SMILES string of the molecule is Cc1ccc(S(=O)(=O)NC2CC2)cc1C(=O)N1CCC(C(C)N)CC1. The van der Waals surface area contributed by atoms with E-state index in [1.54, 1.807) is 12.1 Å². The largest absolute Gasteiger partial charge is 0.339 e. The molecule has 1 aliphatic carbocycles. The fourth-order valence-corrected chi connectivity index (χ4v) is 4.62. The molecule has 0 aromatic heterocycles. The monoisotopic (exact) mass is 365 g/mol. The molecule has 1 saturated carbocycles. The average Bonchev–Trinajstić information content (AvgIpc) is 3.37. The van der Waals surface area contributed by atoms with Gasteiger partial charge in [0.25, 0.3) is 5.91 Å². The van der Waals surface area contributed by atoms with Crippen LogP contribution in [0.15, 0.2) is 23.1 Å². The van der Waals surface area contributed by atoms with E-state index < -0.39 is 10.0 Å². The summed E-state index contributed by atoms with van der Waals surface area (Å²) in [6, 6.07) is 4.98. The quantitative estimate of drug-likeness (QED) is 0.829. The number of sulfonamides is 1. The van der Waals surface area contributed by atoms with E-state index in [2.05, 4.69) is 4.72 Å². The van der Waals surface area contributed by atoms with Gasteiger partial charge in [-0.3, -0.25) is 4.79 Å². The van der Waals surface area contributed by atoms with Gasteiger partial charge in [0.15, 0.2) is 0 Å². The smallest absolute Gasteiger partial charge is 0.254 e. The summed E-state index contributed by atoms with van der Waals surface area (Å²) in [4.78, 5) is 14.9. The zero-order valence-electron chi connectivity index (χ0n) is 14.9. The van der Waals surface area contributed by atoms with Gasteiger partial charge in [-0.1, -0.05) is 6.07 Å². The number of aryl methyl sites for hydroxylation is 1. The lowest BCUT2D eigenvalue weighted by molar-refractivity contribution is 0.0680. The molecule has 1 aromatic rings. The van der Waals surface area contributed by atoms with Crippen LogP contribution in [-0.2, 0) is 10.0 Å². The summed E-state index contributed by atoms with van der Waals surface area (Å²) in [6.07, 6.45) is 3.55. The third kappa shape index (κ3) is 4.22. The normalized spacial score (nSPS) is 20.5. The Morgan fingerprint density at radius 2 is 1.88 bits per heavy atom. The fraction of sp³-hybridized carbons (Fsp3) is 0.611. The van der Waals surface area contributed by atoms with Crippen molar-refractivity contribution < 1.29 is 13.2 Å². The first-order valence-corrected chi connectivity index (χ1v) is 10.4. The molecule has 25 heavy (non-hydrogen) atoms. The van der Waals surface area contributed by atoms with Crippen LogP contribution in [0.1, 0.15) is 48.5 Å². The molecule has 3 N–H and O–H groups in total. The topological polar surface area (TPSA) is 92.5 Å². The third-order valence-corrected chi connectivity index (χ3v) is 6.74. The first-order chi connectivity index (χ1) is 11.8. The van der Waals surface area contributed by atoms with Crippen LogP contribution in [0.5, 0.6) is 0 Å². The highest BCUT2D eigenvalue weighted by atomic mass is 32.2. The van der Waals surface area contributed by atoms with Crippen molar-refractivity contribution in [2.45, 2.75) is 56.5 Å². The molecule has 1 aromatic carbocycles. The standard InChI is InChI=1S/C18H27N3O3S/c1-12-3-6-16(25(23,24)20-15-4-5-15)11-17(12)18(22)21-9-7-14(8-10-21)13(2)19/h3,6,11,13-15,20H,4-5,7-10,19H2,1-2H3. The van der Waals surface area contributed by atoms with E-state index in [4.69, 9.17) is 5.73 Å². The lowest BCUT2D eigenvalue weighted by Crippen LogP contribution is -2.42. The number of rotatable bonds is 5. The van der Waals surface area contributed by atoms with Gasteiger partial charge >= 0.3 is 0 Å². The van der Waals surface area contributed by atoms with E-state index >= 15 is 0 Å². The van der Waals surface area contributed by atoms with Crippen molar-refractivity contribution in [3.8, 4) is 0 Å². The van der Waals surface area contributed by atoms with Crippen molar-refractivity contribution in [2.75, 3.05) is 13.1 Å². The van der Waals surface area contributed by atoms with Gasteiger partial charge in [-0.05, 0) is 63.1 Å². The molecule has 7 heteroatoms. The fourth-order valence-electron chi connectivity index (χ4n) is 3.29. The Bertz CT molecular complexity index is 749. The highest BCUT2D eigenvalue weighted by molar-refractivity contribution is 7.89. The number of nitrogens with two attached hydrogens (primary N) is 1. The van der Waals surface area contributed by atoms with Crippen molar-refractivity contribution in [1.82, 2.24) is 9.62 Å². The second kappa shape index (κ2) is 7.05. The molecule has 2 fully saturated rings. The highest BCUT2D eigenvalue weighted by Crippen LogP contribution is 2.25. The van der Waals surface area contributed by atoms with Crippen molar-refractivity contribution in [3.05, 3.63) is 29.3 Å². The minimum atomic E-state index is -3.56. The van der Waals surface area contributed by atoms with Crippen LogP contribution in [0.25, 0.3) is 0 Å². The van der Waals surface area contributed by atoms with Crippen molar-refractivity contribution >= 4 is 15.9 Å². The molecule has 6 nitrogen and oxygen atoms in total. The molecular weight excluding hydrogens is 338 g/mol. The van der Waals surface area contributed by atoms with Crippen molar-refractivity contribution in [3.63, 3.8) is 0 Å².